The van der Waals surface area contributed by atoms with Crippen molar-refractivity contribution < 1.29 is 0 Å². The van der Waals surface area contributed by atoms with Gasteiger partial charge in [-0.1, -0.05) is 24.8 Å². The second-order valence-electron chi connectivity index (χ2n) is 5.45. The summed E-state index contributed by atoms with van der Waals surface area (Å²) < 4.78 is 6.14. The van der Waals surface area contributed by atoms with Crippen molar-refractivity contribution in [1.82, 2.24) is 24.7 Å². The average molecular weight is 307 g/mol. The first-order chi connectivity index (χ1) is 10.2. The van der Waals surface area contributed by atoms with Gasteiger partial charge >= 0.3 is 0 Å². The summed E-state index contributed by atoms with van der Waals surface area (Å²) in [4.78, 5) is 1.28. The Labute approximate surface area is 130 Å². The van der Waals surface area contributed by atoms with Gasteiger partial charge in [0.1, 0.15) is 0 Å². The predicted octanol–water partition coefficient (Wildman–Crippen LogP) is 2.82. The molecule has 0 aliphatic rings. The molecule has 0 aliphatic carbocycles. The Morgan fingerprint density at radius 1 is 1.33 bits per heavy atom. The Kier molecular flexibility index (Phi) is 5.87. The molecule has 2 rings (SSSR count). The first kappa shape index (κ1) is 16.1. The van der Waals surface area contributed by atoms with E-state index in [2.05, 4.69) is 39.9 Å². The monoisotopic (exact) mass is 307 g/mol. The fourth-order valence-corrected chi connectivity index (χ4v) is 3.30. The number of aryl methyl sites for hydroxylation is 3. The minimum absolute atomic E-state index is 0.279. The molecule has 116 valence electrons. The minimum atomic E-state index is 0.279. The lowest BCUT2D eigenvalue weighted by Gasteiger charge is -2.17. The molecule has 1 unspecified atom stereocenters. The summed E-state index contributed by atoms with van der Waals surface area (Å²) in [6.07, 6.45) is 4.15. The molecule has 0 fully saturated rings. The van der Waals surface area contributed by atoms with E-state index in [1.54, 1.807) is 0 Å². The summed E-state index contributed by atoms with van der Waals surface area (Å²) in [6, 6.07) is 2.44. The summed E-state index contributed by atoms with van der Waals surface area (Å²) in [6.45, 7) is 7.41. The smallest absolute Gasteiger partial charge is 0.0803 e. The Morgan fingerprint density at radius 2 is 2.14 bits per heavy atom. The molecule has 6 heteroatoms. The minimum Gasteiger partial charge on any atom is -0.309 e. The summed E-state index contributed by atoms with van der Waals surface area (Å²) in [5, 5.41) is 12.4. The molecular weight excluding hydrogens is 282 g/mol. The van der Waals surface area contributed by atoms with Crippen molar-refractivity contribution in [2.45, 2.75) is 52.5 Å². The van der Waals surface area contributed by atoms with Crippen LogP contribution in [-0.4, -0.2) is 25.9 Å². The molecular formula is C15H25N5S. The molecule has 0 saturated heterocycles. The molecule has 2 heterocycles. The van der Waals surface area contributed by atoms with Gasteiger partial charge in [-0.15, -0.1) is 5.10 Å². The molecule has 0 radical (unpaired) electrons. The van der Waals surface area contributed by atoms with Crippen molar-refractivity contribution in [3.8, 4) is 0 Å². The number of rotatable bonds is 8. The van der Waals surface area contributed by atoms with Crippen molar-refractivity contribution in [3.05, 3.63) is 28.0 Å². The van der Waals surface area contributed by atoms with E-state index in [1.165, 1.54) is 22.1 Å². The van der Waals surface area contributed by atoms with Crippen molar-refractivity contribution in [1.29, 1.82) is 0 Å². The summed E-state index contributed by atoms with van der Waals surface area (Å²) in [5.74, 6) is 0. The van der Waals surface area contributed by atoms with Crippen molar-refractivity contribution in [3.63, 3.8) is 0 Å². The van der Waals surface area contributed by atoms with E-state index in [-0.39, 0.29) is 6.04 Å². The Balaban J connectivity index is 2.21. The third-order valence-electron chi connectivity index (χ3n) is 3.54. The van der Waals surface area contributed by atoms with Crippen LogP contribution in [0.2, 0.25) is 0 Å². The van der Waals surface area contributed by atoms with Crippen molar-refractivity contribution in [2.75, 3.05) is 6.54 Å². The van der Waals surface area contributed by atoms with E-state index in [1.807, 2.05) is 18.7 Å². The standard InChI is InChI=1S/C15H25N5S/c1-5-7-13-15(21-19-17-13)14(16-8-6-2)10-12-9-11(3)18-20(12)4/h9,14,16H,5-8,10H2,1-4H3. The van der Waals surface area contributed by atoms with E-state index in [0.717, 1.165) is 43.6 Å². The van der Waals surface area contributed by atoms with Gasteiger partial charge in [0.15, 0.2) is 0 Å². The molecule has 0 amide bonds. The van der Waals surface area contributed by atoms with E-state index >= 15 is 0 Å². The van der Waals surface area contributed by atoms with Crippen molar-refractivity contribution >= 4 is 11.5 Å². The third kappa shape index (κ3) is 4.11. The van der Waals surface area contributed by atoms with Crippen LogP contribution in [0.15, 0.2) is 6.07 Å². The van der Waals surface area contributed by atoms with E-state index < -0.39 is 0 Å². The fourth-order valence-electron chi connectivity index (χ4n) is 2.53. The highest BCUT2D eigenvalue weighted by atomic mass is 32.1. The van der Waals surface area contributed by atoms with Crippen LogP contribution in [0.25, 0.3) is 0 Å². The maximum Gasteiger partial charge on any atom is 0.0803 e. The van der Waals surface area contributed by atoms with Crippen LogP contribution in [0.4, 0.5) is 0 Å². The van der Waals surface area contributed by atoms with Gasteiger partial charge in [0.25, 0.3) is 0 Å². The lowest BCUT2D eigenvalue weighted by Crippen LogP contribution is -2.25. The Bertz CT molecular complexity index is 560. The SMILES string of the molecule is CCCNC(Cc1cc(C)nn1C)c1snnc1CCC. The number of hydrogen-bond donors (Lipinski definition) is 1. The zero-order chi connectivity index (χ0) is 15.2. The van der Waals surface area contributed by atoms with Gasteiger partial charge < -0.3 is 5.32 Å². The molecule has 5 nitrogen and oxygen atoms in total. The molecule has 21 heavy (non-hydrogen) atoms. The van der Waals surface area contributed by atoms with Gasteiger partial charge in [-0.25, -0.2) is 0 Å². The van der Waals surface area contributed by atoms with Gasteiger partial charge in [-0.05, 0) is 43.9 Å². The van der Waals surface area contributed by atoms with Gasteiger partial charge in [0.2, 0.25) is 0 Å². The van der Waals surface area contributed by atoms with Crippen LogP contribution in [0.1, 0.15) is 54.7 Å². The third-order valence-corrected chi connectivity index (χ3v) is 4.42. The summed E-state index contributed by atoms with van der Waals surface area (Å²) in [5.41, 5.74) is 3.46. The molecule has 2 aromatic heterocycles. The first-order valence-corrected chi connectivity index (χ1v) is 8.47. The van der Waals surface area contributed by atoms with Crippen molar-refractivity contribution in [2.24, 2.45) is 7.05 Å². The average Bonchev–Trinajstić information content (AvgIpc) is 3.02. The van der Waals surface area contributed by atoms with Gasteiger partial charge in [-0.3, -0.25) is 4.68 Å². The highest BCUT2D eigenvalue weighted by Crippen LogP contribution is 2.25. The van der Waals surface area contributed by atoms with Crippen LogP contribution in [0.5, 0.6) is 0 Å². The highest BCUT2D eigenvalue weighted by Gasteiger charge is 2.20. The van der Waals surface area contributed by atoms with Gasteiger partial charge in [-0.2, -0.15) is 5.10 Å². The highest BCUT2D eigenvalue weighted by molar-refractivity contribution is 7.05. The molecule has 1 atom stereocenters. The van der Waals surface area contributed by atoms with Crippen LogP contribution >= 0.6 is 11.5 Å². The predicted molar refractivity (Wildman–Crippen MR) is 86.6 cm³/mol. The van der Waals surface area contributed by atoms with Crippen LogP contribution in [-0.2, 0) is 19.9 Å². The fraction of sp³-hybridized carbons (Fsp3) is 0.667. The summed E-state index contributed by atoms with van der Waals surface area (Å²) in [7, 11) is 2.01. The van der Waals surface area contributed by atoms with Gasteiger partial charge in [0.05, 0.1) is 22.3 Å². The summed E-state index contributed by atoms with van der Waals surface area (Å²) >= 11 is 1.53. The topological polar surface area (TPSA) is 55.6 Å². The zero-order valence-corrected chi connectivity index (χ0v) is 14.2. The second kappa shape index (κ2) is 7.66. The number of nitrogens with zero attached hydrogens (tertiary/aromatic N) is 4. The van der Waals surface area contributed by atoms with Crippen LogP contribution in [0.3, 0.4) is 0 Å². The molecule has 0 aromatic carbocycles. The number of hydrogen-bond acceptors (Lipinski definition) is 5. The largest absolute Gasteiger partial charge is 0.309 e. The molecule has 0 spiro atoms. The van der Waals surface area contributed by atoms with E-state index in [4.69, 9.17) is 0 Å². The maximum atomic E-state index is 4.45. The quantitative estimate of drug-likeness (QED) is 0.815. The maximum absolute atomic E-state index is 4.45. The van der Waals surface area contributed by atoms with Gasteiger partial charge in [0, 0.05) is 19.2 Å². The molecule has 1 N–H and O–H groups in total. The number of nitrogens with one attached hydrogen (secondary N) is 1. The lowest BCUT2D eigenvalue weighted by molar-refractivity contribution is 0.514. The van der Waals surface area contributed by atoms with Crippen LogP contribution < -0.4 is 5.32 Å². The normalized spacial score (nSPS) is 12.8. The molecule has 0 aliphatic heterocycles. The lowest BCUT2D eigenvalue weighted by atomic mass is 10.1. The zero-order valence-electron chi connectivity index (χ0n) is 13.4. The molecule has 0 bridgehead atoms. The molecule has 0 saturated carbocycles. The van der Waals surface area contributed by atoms with Crippen LogP contribution in [0, 0.1) is 6.92 Å². The van der Waals surface area contributed by atoms with E-state index in [0.29, 0.717) is 0 Å². The Morgan fingerprint density at radius 3 is 2.76 bits per heavy atom. The first-order valence-electron chi connectivity index (χ1n) is 7.69. The molecule has 2 aromatic rings. The second-order valence-corrected chi connectivity index (χ2v) is 6.23. The Hall–Kier alpha value is -1.27. The van der Waals surface area contributed by atoms with E-state index in [9.17, 15) is 0 Å². The number of aromatic nitrogens is 4.